The SMILES string of the molecule is Oc1c(C=N[C@@H]2CCCC[C@H]2N=Cc2cc3ccccc3c([C@H]3c4ccccc4CC[C@H]3c3ccccc3)c2O)cc2ccccc2c1-c1c(-c2ccccc2)ccc2c1CCCC2.[CH-]=O.[Ru+]. The average molecular weight is 965 g/mol. The van der Waals surface area contributed by atoms with Crippen molar-refractivity contribution in [2.75, 3.05) is 0 Å². The number of phenolic OH excluding ortho intramolecular Hbond substituents is 2. The molecule has 67 heavy (non-hydrogen) atoms. The van der Waals surface area contributed by atoms with Crippen molar-refractivity contribution in [2.24, 2.45) is 9.98 Å². The fourth-order valence-electron chi connectivity index (χ4n) is 11.4. The maximum absolute atomic E-state index is 12.5. The number of carbonyl (C=O) groups excluding carboxylic acids is 1. The van der Waals surface area contributed by atoms with Crippen LogP contribution in [-0.4, -0.2) is 41.5 Å². The zero-order valence-corrected chi connectivity index (χ0v) is 39.4. The third-order valence-electron chi connectivity index (χ3n) is 14.6. The molecule has 1 saturated carbocycles. The van der Waals surface area contributed by atoms with Crippen LogP contribution in [0.1, 0.15) is 101 Å². The smallest absolute Gasteiger partial charge is 0.545 e. The van der Waals surface area contributed by atoms with Crippen molar-refractivity contribution in [3.8, 4) is 33.8 Å². The maximum Gasteiger partial charge on any atom is 1.00 e. The van der Waals surface area contributed by atoms with Crippen molar-refractivity contribution in [1.29, 1.82) is 0 Å². The molecule has 0 bridgehead atoms. The fourth-order valence-corrected chi connectivity index (χ4v) is 11.4. The molecule has 0 aliphatic heterocycles. The molecule has 0 amide bonds. The Balaban J connectivity index is 0.00000185. The number of aromatic hydroxyl groups is 2. The summed E-state index contributed by atoms with van der Waals surface area (Å²) in [4.78, 5) is 18.3. The van der Waals surface area contributed by atoms with Crippen molar-refractivity contribution in [2.45, 2.75) is 88.1 Å². The van der Waals surface area contributed by atoms with Crippen LogP contribution >= 0.6 is 0 Å². The van der Waals surface area contributed by atoms with Gasteiger partial charge in [0.25, 0.3) is 0 Å². The quantitative estimate of drug-likeness (QED) is 0.0689. The minimum absolute atomic E-state index is 0. The van der Waals surface area contributed by atoms with Crippen LogP contribution in [-0.2, 0) is 43.5 Å². The van der Waals surface area contributed by atoms with Gasteiger partial charge in [0.2, 0.25) is 0 Å². The zero-order chi connectivity index (χ0) is 45.0. The fraction of sp³-hybridized carbons (Fsp3) is 0.230. The van der Waals surface area contributed by atoms with Crippen LogP contribution in [0.15, 0.2) is 168 Å². The van der Waals surface area contributed by atoms with Crippen LogP contribution in [0.2, 0.25) is 0 Å². The number of fused-ring (bicyclic) bond motifs is 4. The van der Waals surface area contributed by atoms with Gasteiger partial charge in [0.1, 0.15) is 11.5 Å². The second-order valence-electron chi connectivity index (χ2n) is 18.3. The Morgan fingerprint density at radius 2 is 1.10 bits per heavy atom. The molecule has 0 unspecified atom stereocenters. The summed E-state index contributed by atoms with van der Waals surface area (Å²) in [6, 6.07) is 55.9. The maximum atomic E-state index is 12.5. The number of rotatable bonds is 8. The topological polar surface area (TPSA) is 82.2 Å². The Morgan fingerprint density at radius 3 is 1.82 bits per heavy atom. The van der Waals surface area contributed by atoms with E-state index in [0.717, 1.165) is 118 Å². The molecule has 1 radical (unpaired) electrons. The number of phenols is 2. The van der Waals surface area contributed by atoms with Gasteiger partial charge in [0, 0.05) is 40.6 Å². The Kier molecular flexibility index (Phi) is 14.0. The molecule has 11 rings (SSSR count). The van der Waals surface area contributed by atoms with E-state index in [1.807, 2.05) is 12.4 Å². The van der Waals surface area contributed by atoms with E-state index in [-0.39, 0.29) is 49.1 Å². The number of aliphatic imine (C=N–C) groups is 2. The van der Waals surface area contributed by atoms with Crippen LogP contribution in [0.5, 0.6) is 11.5 Å². The molecule has 8 aromatic carbocycles. The summed E-state index contributed by atoms with van der Waals surface area (Å²) in [5, 5.41) is 29.4. The van der Waals surface area contributed by atoms with Crippen molar-refractivity contribution < 1.29 is 34.5 Å². The molecule has 0 spiro atoms. The summed E-state index contributed by atoms with van der Waals surface area (Å²) in [5.74, 6) is 0.801. The van der Waals surface area contributed by atoms with Gasteiger partial charge in [-0.2, -0.15) is 0 Å². The number of hydrogen-bond donors (Lipinski definition) is 2. The van der Waals surface area contributed by atoms with Gasteiger partial charge < -0.3 is 15.0 Å². The van der Waals surface area contributed by atoms with Crippen LogP contribution < -0.4 is 0 Å². The Labute approximate surface area is 407 Å². The standard InChI is InChI=1S/C60H54N2O2.CHO.Ru/c63-59-45(35-43-23-9-13-27-49(43)57(59)55-47-25-11-7-21-41(47)31-33-51(55)39-17-3-1-4-18-39)37-61-53-29-15-16-30-54(53)62-38-46-36-44-24-10-14-28-50(44)58(60(46)64)56-48-26-12-8-22-42(48)32-34-52(56)40-19-5-2-6-20-40;1-2;/h1-7,9-11,13-14,17-21,23-25,27-28,32,34-38,51,53-55,63-64H,8,12,15-16,22,26,29-31,33H2;1H;/q;-1;+1/t51-,53+,54+,55-;;/m0../s1. The number of nitrogens with zero attached hydrogens (tertiary/aromatic N) is 2. The molecule has 0 aromatic heterocycles. The molecule has 6 heteroatoms. The summed E-state index contributed by atoms with van der Waals surface area (Å²) in [6.07, 6.45) is 14.2. The molecular formula is C61H55N2O3Ru. The molecule has 8 aromatic rings. The summed E-state index contributed by atoms with van der Waals surface area (Å²) < 4.78 is 0. The van der Waals surface area contributed by atoms with E-state index in [4.69, 9.17) is 14.8 Å². The third kappa shape index (κ3) is 8.93. The second kappa shape index (κ2) is 20.6. The molecule has 335 valence electrons. The van der Waals surface area contributed by atoms with Gasteiger partial charge in [-0.1, -0.05) is 158 Å². The van der Waals surface area contributed by atoms with E-state index in [1.165, 1.54) is 34.2 Å². The van der Waals surface area contributed by atoms with Gasteiger partial charge in [0.05, 0.1) is 12.1 Å². The predicted molar refractivity (Wildman–Crippen MR) is 273 cm³/mol. The largest absolute Gasteiger partial charge is 1.00 e. The molecule has 5 nitrogen and oxygen atoms in total. The summed E-state index contributed by atoms with van der Waals surface area (Å²) in [6.45, 7) is 3.25. The monoisotopic (exact) mass is 965 g/mol. The molecule has 2 N–H and O–H groups in total. The van der Waals surface area contributed by atoms with Gasteiger partial charge in [-0.25, -0.2) is 0 Å². The molecule has 4 atom stereocenters. The molecule has 3 aliphatic carbocycles. The van der Waals surface area contributed by atoms with Gasteiger partial charge in [0.15, 0.2) is 0 Å². The van der Waals surface area contributed by atoms with Crippen LogP contribution in [0.25, 0.3) is 43.8 Å². The third-order valence-corrected chi connectivity index (χ3v) is 14.6. The summed E-state index contributed by atoms with van der Waals surface area (Å²) in [7, 11) is 0. The Morgan fingerprint density at radius 1 is 0.522 bits per heavy atom. The normalized spacial score (nSPS) is 19.0. The van der Waals surface area contributed by atoms with E-state index < -0.39 is 0 Å². The number of aryl methyl sites for hydroxylation is 2. The van der Waals surface area contributed by atoms with Gasteiger partial charge in [-0.15, -0.1) is 0 Å². The first-order valence-corrected chi connectivity index (χ1v) is 23.7. The van der Waals surface area contributed by atoms with Gasteiger partial charge in [-0.05, 0) is 135 Å². The van der Waals surface area contributed by atoms with Crippen LogP contribution in [0, 0.1) is 0 Å². The second-order valence-corrected chi connectivity index (χ2v) is 18.3. The van der Waals surface area contributed by atoms with Crippen LogP contribution in [0.4, 0.5) is 0 Å². The number of benzene rings is 8. The Bertz CT molecular complexity index is 3090. The number of hydrogen-bond acceptors (Lipinski definition) is 5. The van der Waals surface area contributed by atoms with Crippen molar-refractivity contribution in [3.63, 3.8) is 0 Å². The van der Waals surface area contributed by atoms with E-state index in [0.29, 0.717) is 5.75 Å². The van der Waals surface area contributed by atoms with E-state index >= 15 is 0 Å². The van der Waals surface area contributed by atoms with Crippen molar-refractivity contribution in [3.05, 3.63) is 202 Å². The molecule has 3 aliphatic rings. The summed E-state index contributed by atoms with van der Waals surface area (Å²) >= 11 is 0. The van der Waals surface area contributed by atoms with Crippen molar-refractivity contribution in [1.82, 2.24) is 0 Å². The van der Waals surface area contributed by atoms with Gasteiger partial charge >= 0.3 is 19.5 Å². The first kappa shape index (κ1) is 45.7. The van der Waals surface area contributed by atoms with E-state index in [9.17, 15) is 10.2 Å². The Hall–Kier alpha value is -6.49. The molecular weight excluding hydrogens is 910 g/mol. The minimum Gasteiger partial charge on any atom is -0.545 e. The van der Waals surface area contributed by atoms with Crippen LogP contribution in [0.3, 0.4) is 0 Å². The minimum atomic E-state index is -0.0570. The van der Waals surface area contributed by atoms with E-state index in [1.54, 1.807) is 0 Å². The zero-order valence-electron chi connectivity index (χ0n) is 37.7. The van der Waals surface area contributed by atoms with Crippen molar-refractivity contribution >= 4 is 40.8 Å². The first-order chi connectivity index (χ1) is 32.6. The predicted octanol–water partition coefficient (Wildman–Crippen LogP) is 14.1. The first-order valence-electron chi connectivity index (χ1n) is 23.7. The molecule has 1 fully saturated rings. The summed E-state index contributed by atoms with van der Waals surface area (Å²) in [5.41, 5.74) is 13.5. The molecule has 0 heterocycles. The average Bonchev–Trinajstić information content (AvgIpc) is 3.38. The molecule has 0 saturated heterocycles. The van der Waals surface area contributed by atoms with Gasteiger partial charge in [-0.3, -0.25) is 16.8 Å². The van der Waals surface area contributed by atoms with E-state index in [2.05, 4.69) is 165 Å².